The van der Waals surface area contributed by atoms with Crippen LogP contribution >= 0.6 is 0 Å². The summed E-state index contributed by atoms with van der Waals surface area (Å²) in [6, 6.07) is 3.88. The third-order valence-corrected chi connectivity index (χ3v) is 2.44. The van der Waals surface area contributed by atoms with Crippen molar-refractivity contribution in [1.82, 2.24) is 0 Å². The van der Waals surface area contributed by atoms with Gasteiger partial charge in [0.05, 0.1) is 4.92 Å². The first kappa shape index (κ1) is 9.89. The largest absolute Gasteiger partial charge is 0.480 e. The molecule has 1 aromatic rings. The van der Waals surface area contributed by atoms with Crippen molar-refractivity contribution in [3.8, 4) is 5.75 Å². The Morgan fingerprint density at radius 3 is 2.73 bits per heavy atom. The first-order valence-corrected chi connectivity index (χ1v) is 4.64. The molecule has 0 amide bonds. The van der Waals surface area contributed by atoms with Crippen molar-refractivity contribution in [2.75, 3.05) is 0 Å². The molecule has 4 nitrogen and oxygen atoms in total. The van der Waals surface area contributed by atoms with Gasteiger partial charge in [0, 0.05) is 0 Å². The van der Waals surface area contributed by atoms with E-state index in [0.717, 1.165) is 18.9 Å². The number of nitrogens with zero attached hydrogens (tertiary/aromatic N) is 1. The lowest BCUT2D eigenvalue weighted by atomic mass is 10.2. The third-order valence-electron chi connectivity index (χ3n) is 2.44. The Labute approximate surface area is 85.8 Å². The van der Waals surface area contributed by atoms with E-state index < -0.39 is 16.4 Å². The summed E-state index contributed by atoms with van der Waals surface area (Å²) >= 11 is 0. The molecule has 1 aromatic carbocycles. The molecule has 0 spiro atoms. The molecule has 2 rings (SSSR count). The number of para-hydroxylation sites is 1. The minimum Gasteiger partial charge on any atom is -0.480 e. The zero-order chi connectivity index (χ0) is 11.1. The summed E-state index contributed by atoms with van der Waals surface area (Å²) in [4.78, 5) is 9.88. The number of benzene rings is 1. The molecule has 1 fully saturated rings. The molecule has 0 unspecified atom stereocenters. The quantitative estimate of drug-likeness (QED) is 0.570. The maximum absolute atomic E-state index is 13.2. The number of hydrogen-bond donors (Lipinski definition) is 0. The fraction of sp³-hybridized carbons (Fsp3) is 0.400. The van der Waals surface area contributed by atoms with Crippen LogP contribution in [0.2, 0.25) is 0 Å². The SMILES string of the molecule is CC1(Oc2cccc(F)c2[N+](=O)[O-])CC1. The minimum absolute atomic E-state index is 0.0139. The first-order valence-electron chi connectivity index (χ1n) is 4.64. The summed E-state index contributed by atoms with van der Waals surface area (Å²) in [5.41, 5.74) is -0.927. The second kappa shape index (κ2) is 3.18. The van der Waals surface area contributed by atoms with Crippen LogP contribution in [-0.2, 0) is 0 Å². The molecule has 1 saturated carbocycles. The summed E-state index contributed by atoms with van der Waals surface area (Å²) in [6.07, 6.45) is 1.70. The topological polar surface area (TPSA) is 52.4 Å². The molecule has 0 heterocycles. The fourth-order valence-electron chi connectivity index (χ4n) is 1.30. The molecule has 0 radical (unpaired) electrons. The highest BCUT2D eigenvalue weighted by molar-refractivity contribution is 5.47. The Balaban J connectivity index is 2.37. The highest BCUT2D eigenvalue weighted by atomic mass is 19.1. The van der Waals surface area contributed by atoms with Crippen LogP contribution in [0, 0.1) is 15.9 Å². The van der Waals surface area contributed by atoms with Crippen molar-refractivity contribution in [3.63, 3.8) is 0 Å². The Kier molecular flexibility index (Phi) is 2.10. The number of ether oxygens (including phenoxy) is 1. The van der Waals surface area contributed by atoms with Crippen molar-refractivity contribution < 1.29 is 14.1 Å². The van der Waals surface area contributed by atoms with Gasteiger partial charge in [-0.25, -0.2) is 0 Å². The predicted octanol–water partition coefficient (Wildman–Crippen LogP) is 2.67. The average molecular weight is 211 g/mol. The van der Waals surface area contributed by atoms with Crippen LogP contribution < -0.4 is 4.74 Å². The molecule has 0 N–H and O–H groups in total. The summed E-state index contributed by atoms with van der Waals surface area (Å²) in [6.45, 7) is 1.85. The van der Waals surface area contributed by atoms with Gasteiger partial charge in [-0.05, 0) is 31.9 Å². The fourth-order valence-corrected chi connectivity index (χ4v) is 1.30. The van der Waals surface area contributed by atoms with Gasteiger partial charge >= 0.3 is 5.69 Å². The number of hydrogen-bond acceptors (Lipinski definition) is 3. The molecule has 5 heteroatoms. The van der Waals surface area contributed by atoms with Gasteiger partial charge in [-0.1, -0.05) is 6.07 Å². The third kappa shape index (κ3) is 1.91. The zero-order valence-corrected chi connectivity index (χ0v) is 8.20. The van der Waals surface area contributed by atoms with Gasteiger partial charge in [-0.15, -0.1) is 0 Å². The van der Waals surface area contributed by atoms with Crippen molar-refractivity contribution in [2.45, 2.75) is 25.4 Å². The second-order valence-corrected chi connectivity index (χ2v) is 3.90. The number of halogens is 1. The van der Waals surface area contributed by atoms with Gasteiger partial charge in [0.2, 0.25) is 11.6 Å². The van der Waals surface area contributed by atoms with Gasteiger partial charge in [0.25, 0.3) is 0 Å². The lowest BCUT2D eigenvalue weighted by Gasteiger charge is -2.12. The van der Waals surface area contributed by atoms with E-state index in [0.29, 0.717) is 0 Å². The normalized spacial score (nSPS) is 17.2. The van der Waals surface area contributed by atoms with E-state index in [9.17, 15) is 14.5 Å². The summed E-state index contributed by atoms with van der Waals surface area (Å²) < 4.78 is 18.6. The Morgan fingerprint density at radius 1 is 1.53 bits per heavy atom. The summed E-state index contributed by atoms with van der Waals surface area (Å²) in [5, 5.41) is 10.6. The average Bonchev–Trinajstić information content (AvgIpc) is 2.82. The van der Waals surface area contributed by atoms with Crippen molar-refractivity contribution in [1.29, 1.82) is 0 Å². The van der Waals surface area contributed by atoms with Gasteiger partial charge in [0.15, 0.2) is 0 Å². The van der Waals surface area contributed by atoms with Gasteiger partial charge in [-0.3, -0.25) is 10.1 Å². The van der Waals surface area contributed by atoms with Crippen LogP contribution in [0.1, 0.15) is 19.8 Å². The van der Waals surface area contributed by atoms with E-state index in [1.807, 2.05) is 6.92 Å². The number of nitro benzene ring substituents is 1. The van der Waals surface area contributed by atoms with E-state index in [1.54, 1.807) is 0 Å². The lowest BCUT2D eigenvalue weighted by molar-refractivity contribution is -0.388. The van der Waals surface area contributed by atoms with Crippen LogP contribution in [0.3, 0.4) is 0 Å². The van der Waals surface area contributed by atoms with Crippen LogP contribution in [0.25, 0.3) is 0 Å². The highest BCUT2D eigenvalue weighted by Gasteiger charge is 2.41. The molecule has 0 bridgehead atoms. The lowest BCUT2D eigenvalue weighted by Crippen LogP contribution is -2.13. The van der Waals surface area contributed by atoms with E-state index in [4.69, 9.17) is 4.74 Å². The van der Waals surface area contributed by atoms with Crippen LogP contribution in [-0.4, -0.2) is 10.5 Å². The van der Waals surface area contributed by atoms with Crippen molar-refractivity contribution >= 4 is 5.69 Å². The maximum Gasteiger partial charge on any atom is 0.346 e. The predicted molar refractivity (Wildman–Crippen MR) is 51.3 cm³/mol. The molecule has 0 aliphatic heterocycles. The van der Waals surface area contributed by atoms with E-state index in [2.05, 4.69) is 0 Å². The standard InChI is InChI=1S/C10H10FNO3/c1-10(5-6-10)15-8-4-2-3-7(11)9(8)12(13)14/h2-4H,5-6H2,1H3. The van der Waals surface area contributed by atoms with Crippen LogP contribution in [0.4, 0.5) is 10.1 Å². The number of nitro groups is 1. The minimum atomic E-state index is -0.859. The molecule has 1 aliphatic rings. The molecular formula is C10H10FNO3. The van der Waals surface area contributed by atoms with Crippen molar-refractivity contribution in [2.24, 2.45) is 0 Å². The maximum atomic E-state index is 13.2. The van der Waals surface area contributed by atoms with Crippen LogP contribution in [0.15, 0.2) is 18.2 Å². The van der Waals surface area contributed by atoms with E-state index in [-0.39, 0.29) is 11.4 Å². The molecule has 1 aliphatic carbocycles. The highest BCUT2D eigenvalue weighted by Crippen LogP contribution is 2.42. The second-order valence-electron chi connectivity index (χ2n) is 3.90. The van der Waals surface area contributed by atoms with Crippen LogP contribution in [0.5, 0.6) is 5.75 Å². The van der Waals surface area contributed by atoms with E-state index >= 15 is 0 Å². The summed E-state index contributed by atoms with van der Waals surface area (Å²) in [5.74, 6) is -0.846. The molecule has 0 aromatic heterocycles. The summed E-state index contributed by atoms with van der Waals surface area (Å²) in [7, 11) is 0. The molecule has 80 valence electrons. The Morgan fingerprint density at radius 2 is 2.20 bits per heavy atom. The molecule has 15 heavy (non-hydrogen) atoms. The smallest absolute Gasteiger partial charge is 0.346 e. The Bertz CT molecular complexity index is 415. The molecular weight excluding hydrogens is 201 g/mol. The zero-order valence-electron chi connectivity index (χ0n) is 8.20. The molecule has 0 saturated heterocycles. The van der Waals surface area contributed by atoms with E-state index in [1.165, 1.54) is 12.1 Å². The van der Waals surface area contributed by atoms with Gasteiger partial charge < -0.3 is 4.74 Å². The van der Waals surface area contributed by atoms with Gasteiger partial charge in [0.1, 0.15) is 5.60 Å². The molecule has 0 atom stereocenters. The monoisotopic (exact) mass is 211 g/mol. The van der Waals surface area contributed by atoms with Crippen molar-refractivity contribution in [3.05, 3.63) is 34.1 Å². The van der Waals surface area contributed by atoms with Gasteiger partial charge in [-0.2, -0.15) is 4.39 Å². The first-order chi connectivity index (χ1) is 7.02. The Hall–Kier alpha value is -1.65. The number of rotatable bonds is 3.